The van der Waals surface area contributed by atoms with Crippen molar-refractivity contribution in [3.63, 3.8) is 0 Å². The molecule has 1 N–H and O–H groups in total. The Bertz CT molecular complexity index is 435. The highest BCUT2D eigenvalue weighted by atomic mass is 32.2. The summed E-state index contributed by atoms with van der Waals surface area (Å²) in [5.74, 6) is 1.24. The van der Waals surface area contributed by atoms with Gasteiger partial charge >= 0.3 is 0 Å². The Morgan fingerprint density at radius 2 is 2.19 bits per heavy atom. The summed E-state index contributed by atoms with van der Waals surface area (Å²) in [7, 11) is 2.09. The lowest BCUT2D eigenvalue weighted by molar-refractivity contribution is 0.467. The van der Waals surface area contributed by atoms with Gasteiger partial charge in [0.15, 0.2) is 0 Å². The molecule has 1 aliphatic heterocycles. The number of nitrogens with one attached hydrogen (secondary N) is 1. The fourth-order valence-electron chi connectivity index (χ4n) is 2.58. The van der Waals surface area contributed by atoms with Gasteiger partial charge in [-0.05, 0) is 26.5 Å². The molecule has 0 aromatic carbocycles. The molecule has 120 valence electrons. The first-order valence-corrected chi connectivity index (χ1v) is 10.0. The van der Waals surface area contributed by atoms with Gasteiger partial charge in [-0.1, -0.05) is 20.8 Å². The lowest BCUT2D eigenvalue weighted by Crippen LogP contribution is -2.43. The van der Waals surface area contributed by atoms with Gasteiger partial charge in [0.25, 0.3) is 0 Å². The third kappa shape index (κ3) is 4.42. The van der Waals surface area contributed by atoms with Crippen LogP contribution in [0.15, 0.2) is 12.3 Å². The molecule has 2 heterocycles. The molecule has 5 atom stereocenters. The van der Waals surface area contributed by atoms with Crippen molar-refractivity contribution in [2.45, 2.75) is 68.4 Å². The summed E-state index contributed by atoms with van der Waals surface area (Å²) in [6.07, 6.45) is 4.28. The van der Waals surface area contributed by atoms with Crippen LogP contribution in [0.3, 0.4) is 0 Å². The number of nitrogens with zero attached hydrogens (tertiary/aromatic N) is 2. The molecule has 5 unspecified atom stereocenters. The Morgan fingerprint density at radius 3 is 2.81 bits per heavy atom. The first kappa shape index (κ1) is 17.2. The van der Waals surface area contributed by atoms with Crippen molar-refractivity contribution in [2.24, 2.45) is 0 Å². The molecule has 1 fully saturated rings. The molecular formula is C16H29N3S2. The maximum atomic E-state index is 4.76. The number of hydrogen-bond acceptors (Lipinski definition) is 4. The number of hydrogen-bond donors (Lipinski definition) is 1. The molecule has 0 saturated carbocycles. The number of likely N-dealkylation sites (N-methyl/N-ethyl adjacent to an activating group) is 1. The first-order valence-electron chi connectivity index (χ1n) is 8.03. The van der Waals surface area contributed by atoms with Crippen LogP contribution in [0.25, 0.3) is 0 Å². The Labute approximate surface area is 138 Å². The summed E-state index contributed by atoms with van der Waals surface area (Å²) < 4.78 is 2.11. The van der Waals surface area contributed by atoms with Gasteiger partial charge < -0.3 is 5.32 Å². The summed E-state index contributed by atoms with van der Waals surface area (Å²) in [6.45, 7) is 9.14. The molecule has 1 aromatic heterocycles. The van der Waals surface area contributed by atoms with Crippen LogP contribution in [-0.2, 0) is 6.42 Å². The van der Waals surface area contributed by atoms with E-state index in [1.807, 2.05) is 0 Å². The summed E-state index contributed by atoms with van der Waals surface area (Å²) in [5.41, 5.74) is 1.21. The molecule has 1 saturated heterocycles. The highest BCUT2D eigenvalue weighted by Gasteiger charge is 2.31. The Kier molecular flexibility index (Phi) is 6.51. The minimum absolute atomic E-state index is 0.493. The third-order valence-electron chi connectivity index (χ3n) is 4.53. The van der Waals surface area contributed by atoms with Gasteiger partial charge in [-0.3, -0.25) is 4.68 Å². The lowest BCUT2D eigenvalue weighted by Gasteiger charge is -2.35. The zero-order chi connectivity index (χ0) is 15.4. The number of aromatic nitrogens is 2. The summed E-state index contributed by atoms with van der Waals surface area (Å²) in [5, 5.41) is 10.5. The Morgan fingerprint density at radius 1 is 1.43 bits per heavy atom. The second-order valence-electron chi connectivity index (χ2n) is 6.06. The highest BCUT2D eigenvalue weighted by Crippen LogP contribution is 2.37. The summed E-state index contributed by atoms with van der Waals surface area (Å²) in [4.78, 5) is 0. The van der Waals surface area contributed by atoms with Gasteiger partial charge in [-0.25, -0.2) is 0 Å². The molecule has 0 spiro atoms. The van der Waals surface area contributed by atoms with E-state index in [2.05, 4.69) is 80.5 Å². The standard InChI is InChI=1S/C16H29N3S2/c1-6-11(2)19-8-7-14(18-19)9-15(17-5)16-10-20-12(3)13(4)21-16/h7-8,11-13,15-17H,6,9-10H2,1-5H3. The van der Waals surface area contributed by atoms with Gasteiger partial charge in [0.1, 0.15) is 0 Å². The predicted octanol–water partition coefficient (Wildman–Crippen LogP) is 3.61. The molecule has 1 aliphatic rings. The van der Waals surface area contributed by atoms with Crippen molar-refractivity contribution in [3.05, 3.63) is 18.0 Å². The van der Waals surface area contributed by atoms with Crippen molar-refractivity contribution < 1.29 is 0 Å². The van der Waals surface area contributed by atoms with E-state index in [0.29, 0.717) is 17.3 Å². The maximum absolute atomic E-state index is 4.76. The van der Waals surface area contributed by atoms with Gasteiger partial charge in [-0.2, -0.15) is 28.6 Å². The van der Waals surface area contributed by atoms with Crippen LogP contribution in [0.4, 0.5) is 0 Å². The smallest absolute Gasteiger partial charge is 0.0640 e. The van der Waals surface area contributed by atoms with Gasteiger partial charge in [-0.15, -0.1) is 0 Å². The molecule has 0 radical (unpaired) electrons. The number of rotatable bonds is 6. The molecular weight excluding hydrogens is 298 g/mol. The van der Waals surface area contributed by atoms with E-state index >= 15 is 0 Å². The van der Waals surface area contributed by atoms with E-state index < -0.39 is 0 Å². The van der Waals surface area contributed by atoms with E-state index in [9.17, 15) is 0 Å². The van der Waals surface area contributed by atoms with Crippen LogP contribution in [0.2, 0.25) is 0 Å². The lowest BCUT2D eigenvalue weighted by atomic mass is 10.1. The van der Waals surface area contributed by atoms with E-state index in [4.69, 9.17) is 5.10 Å². The molecule has 1 aromatic rings. The van der Waals surface area contributed by atoms with Crippen molar-refractivity contribution in [1.82, 2.24) is 15.1 Å². The Balaban J connectivity index is 1.97. The largest absolute Gasteiger partial charge is 0.315 e. The average Bonchev–Trinajstić information content (AvgIpc) is 2.95. The zero-order valence-electron chi connectivity index (χ0n) is 13.9. The summed E-state index contributed by atoms with van der Waals surface area (Å²) >= 11 is 4.26. The minimum Gasteiger partial charge on any atom is -0.315 e. The van der Waals surface area contributed by atoms with Crippen LogP contribution >= 0.6 is 23.5 Å². The van der Waals surface area contributed by atoms with E-state index in [1.165, 1.54) is 11.4 Å². The van der Waals surface area contributed by atoms with Gasteiger partial charge in [0.05, 0.1) is 5.69 Å². The SMILES string of the molecule is CCC(C)n1ccc(CC(NC)C2CSC(C)C(C)S2)n1. The van der Waals surface area contributed by atoms with E-state index in [0.717, 1.165) is 23.3 Å². The number of thioether (sulfide) groups is 2. The van der Waals surface area contributed by atoms with Crippen molar-refractivity contribution in [3.8, 4) is 0 Å². The molecule has 3 nitrogen and oxygen atoms in total. The maximum Gasteiger partial charge on any atom is 0.0640 e. The molecule has 0 aliphatic carbocycles. The second kappa shape index (κ2) is 7.93. The minimum atomic E-state index is 0.493. The zero-order valence-corrected chi connectivity index (χ0v) is 15.5. The molecule has 0 bridgehead atoms. The fourth-order valence-corrected chi connectivity index (χ4v) is 5.75. The third-order valence-corrected chi connectivity index (χ3v) is 8.08. The second-order valence-corrected chi connectivity index (χ2v) is 9.09. The molecule has 21 heavy (non-hydrogen) atoms. The molecule has 5 heteroatoms. The Hall–Kier alpha value is -0.130. The van der Waals surface area contributed by atoms with Crippen LogP contribution in [0.5, 0.6) is 0 Å². The normalized spacial score (nSPS) is 29.3. The van der Waals surface area contributed by atoms with E-state index in [1.54, 1.807) is 0 Å². The van der Waals surface area contributed by atoms with Crippen molar-refractivity contribution in [1.29, 1.82) is 0 Å². The van der Waals surface area contributed by atoms with Crippen LogP contribution in [-0.4, -0.2) is 44.4 Å². The monoisotopic (exact) mass is 327 g/mol. The highest BCUT2D eigenvalue weighted by molar-refractivity contribution is 8.07. The van der Waals surface area contributed by atoms with Crippen LogP contribution < -0.4 is 5.32 Å². The van der Waals surface area contributed by atoms with Crippen LogP contribution in [0.1, 0.15) is 45.9 Å². The predicted molar refractivity (Wildman–Crippen MR) is 96.5 cm³/mol. The molecule has 2 rings (SSSR count). The topological polar surface area (TPSA) is 29.9 Å². The van der Waals surface area contributed by atoms with Crippen molar-refractivity contribution in [2.75, 3.05) is 12.8 Å². The fraction of sp³-hybridized carbons (Fsp3) is 0.812. The average molecular weight is 328 g/mol. The van der Waals surface area contributed by atoms with Gasteiger partial charge in [0.2, 0.25) is 0 Å². The van der Waals surface area contributed by atoms with Crippen LogP contribution in [0, 0.1) is 0 Å². The van der Waals surface area contributed by atoms with Crippen molar-refractivity contribution >= 4 is 23.5 Å². The molecule has 0 amide bonds. The first-order chi connectivity index (χ1) is 10.0. The van der Waals surface area contributed by atoms with Gasteiger partial charge in [0, 0.05) is 46.2 Å². The van der Waals surface area contributed by atoms with E-state index in [-0.39, 0.29) is 0 Å². The summed E-state index contributed by atoms with van der Waals surface area (Å²) in [6, 6.07) is 3.19. The quantitative estimate of drug-likeness (QED) is 0.864.